The first-order chi connectivity index (χ1) is 15.4. The summed E-state index contributed by atoms with van der Waals surface area (Å²) in [6.07, 6.45) is 1.81. The smallest absolute Gasteiger partial charge is 0.340 e. The summed E-state index contributed by atoms with van der Waals surface area (Å²) in [5.41, 5.74) is 6.27. The molecule has 4 rings (SSSR count). The maximum atomic E-state index is 13.4. The van der Waals surface area contributed by atoms with Gasteiger partial charge in [0.15, 0.2) is 0 Å². The Balaban J connectivity index is 1.78. The number of nitrogens with zero attached hydrogens (tertiary/aromatic N) is 2. The monoisotopic (exact) mass is 426 g/mol. The van der Waals surface area contributed by atoms with E-state index >= 15 is 0 Å². The lowest BCUT2D eigenvalue weighted by Crippen LogP contribution is -2.24. The molecule has 1 amide bonds. The van der Waals surface area contributed by atoms with Crippen LogP contribution >= 0.6 is 0 Å². The van der Waals surface area contributed by atoms with Gasteiger partial charge in [-0.05, 0) is 56.2 Å². The molecule has 0 spiro atoms. The molecule has 1 aromatic heterocycles. The zero-order chi connectivity index (χ0) is 22.8. The van der Waals surface area contributed by atoms with Gasteiger partial charge in [0.05, 0.1) is 24.8 Å². The van der Waals surface area contributed by atoms with Gasteiger partial charge >= 0.3 is 5.97 Å². The van der Waals surface area contributed by atoms with Crippen LogP contribution in [0.15, 0.2) is 83.6 Å². The molecule has 0 atom stereocenters. The first-order valence-electron chi connectivity index (χ1n) is 10.5. The zero-order valence-corrected chi connectivity index (χ0v) is 18.8. The third-order valence-corrected chi connectivity index (χ3v) is 5.87. The molecule has 1 aliphatic heterocycles. The van der Waals surface area contributed by atoms with Gasteiger partial charge in [-0.15, -0.1) is 0 Å². The van der Waals surface area contributed by atoms with Crippen molar-refractivity contribution in [1.82, 2.24) is 9.47 Å². The van der Waals surface area contributed by atoms with Gasteiger partial charge in [-0.3, -0.25) is 4.79 Å². The highest BCUT2D eigenvalue weighted by atomic mass is 16.5. The second-order valence-electron chi connectivity index (χ2n) is 7.88. The number of methoxy groups -OCH3 is 1. The van der Waals surface area contributed by atoms with E-state index in [0.717, 1.165) is 28.2 Å². The molecule has 5 heteroatoms. The molecule has 3 aromatic rings. The number of hydrogen-bond donors (Lipinski definition) is 0. The SMILES string of the molecule is COC(=O)C1=C(C)N(Cc2ccccc2)C(=O)C1=Cc1cc(C)n(-c2ccccc2)c1C. The molecule has 0 saturated carbocycles. The molecule has 0 fully saturated rings. The number of carbonyl (C=O) groups is 2. The van der Waals surface area contributed by atoms with Gasteiger partial charge in [-0.25, -0.2) is 4.79 Å². The predicted octanol–water partition coefficient (Wildman–Crippen LogP) is 4.97. The summed E-state index contributed by atoms with van der Waals surface area (Å²) in [6, 6.07) is 21.8. The van der Waals surface area contributed by atoms with Crippen LogP contribution in [0.2, 0.25) is 0 Å². The lowest BCUT2D eigenvalue weighted by molar-refractivity contribution is -0.136. The molecule has 162 valence electrons. The Morgan fingerprint density at radius 2 is 1.59 bits per heavy atom. The molecule has 0 bridgehead atoms. The van der Waals surface area contributed by atoms with E-state index in [1.165, 1.54) is 7.11 Å². The summed E-state index contributed by atoms with van der Waals surface area (Å²) in [7, 11) is 1.34. The summed E-state index contributed by atoms with van der Waals surface area (Å²) >= 11 is 0. The van der Waals surface area contributed by atoms with Crippen molar-refractivity contribution in [2.75, 3.05) is 7.11 Å². The van der Waals surface area contributed by atoms with Crippen molar-refractivity contribution in [2.24, 2.45) is 0 Å². The van der Waals surface area contributed by atoms with E-state index in [1.807, 2.05) is 86.7 Å². The van der Waals surface area contributed by atoms with Crippen molar-refractivity contribution in [1.29, 1.82) is 0 Å². The number of esters is 1. The number of rotatable bonds is 5. The van der Waals surface area contributed by atoms with Crippen LogP contribution < -0.4 is 0 Å². The maximum absolute atomic E-state index is 13.4. The number of hydrogen-bond acceptors (Lipinski definition) is 3. The molecule has 0 unspecified atom stereocenters. The molecular formula is C27H26N2O3. The number of ether oxygens (including phenoxy) is 1. The van der Waals surface area contributed by atoms with Gasteiger partial charge in [0.2, 0.25) is 0 Å². The molecule has 0 saturated heterocycles. The summed E-state index contributed by atoms with van der Waals surface area (Å²) in [6.45, 7) is 6.23. The molecule has 1 aliphatic rings. The van der Waals surface area contributed by atoms with Gasteiger partial charge in [-0.2, -0.15) is 0 Å². The normalized spacial score (nSPS) is 15.1. The average molecular weight is 427 g/mol. The van der Waals surface area contributed by atoms with Crippen LogP contribution in [-0.2, 0) is 20.9 Å². The number of amides is 1. The largest absolute Gasteiger partial charge is 0.465 e. The summed E-state index contributed by atoms with van der Waals surface area (Å²) < 4.78 is 7.17. The van der Waals surface area contributed by atoms with Gasteiger partial charge < -0.3 is 14.2 Å². The van der Waals surface area contributed by atoms with Gasteiger partial charge in [-0.1, -0.05) is 48.5 Å². The van der Waals surface area contributed by atoms with Crippen molar-refractivity contribution in [3.63, 3.8) is 0 Å². The molecule has 2 heterocycles. The molecule has 5 nitrogen and oxygen atoms in total. The number of aryl methyl sites for hydroxylation is 1. The standard InChI is InChI=1S/C27H26N2O3/c1-18-15-22(19(2)29(18)23-13-9-6-10-14-23)16-24-25(27(31)32-4)20(3)28(26(24)30)17-21-11-7-5-8-12-21/h5-16H,17H2,1-4H3. The summed E-state index contributed by atoms with van der Waals surface area (Å²) in [5, 5.41) is 0. The van der Waals surface area contributed by atoms with Crippen molar-refractivity contribution < 1.29 is 14.3 Å². The highest BCUT2D eigenvalue weighted by molar-refractivity contribution is 6.16. The van der Waals surface area contributed by atoms with E-state index in [0.29, 0.717) is 23.4 Å². The molecule has 0 aliphatic carbocycles. The van der Waals surface area contributed by atoms with Crippen LogP contribution in [0.4, 0.5) is 0 Å². The molecular weight excluding hydrogens is 400 g/mol. The highest BCUT2D eigenvalue weighted by Gasteiger charge is 2.37. The second-order valence-corrected chi connectivity index (χ2v) is 7.88. The van der Waals surface area contributed by atoms with E-state index < -0.39 is 5.97 Å². The van der Waals surface area contributed by atoms with Crippen molar-refractivity contribution in [3.05, 3.63) is 106 Å². The molecule has 2 aromatic carbocycles. The first kappa shape index (κ1) is 21.4. The number of allylic oxidation sites excluding steroid dienone is 1. The first-order valence-corrected chi connectivity index (χ1v) is 10.5. The van der Waals surface area contributed by atoms with Gasteiger partial charge in [0, 0.05) is 22.8 Å². The number of benzene rings is 2. The minimum atomic E-state index is -0.505. The van der Waals surface area contributed by atoms with Gasteiger partial charge in [0.1, 0.15) is 0 Å². The third kappa shape index (κ3) is 3.78. The topological polar surface area (TPSA) is 51.5 Å². The Bertz CT molecular complexity index is 1230. The Labute approximate surface area is 188 Å². The fraction of sp³-hybridized carbons (Fsp3) is 0.185. The fourth-order valence-electron chi connectivity index (χ4n) is 4.25. The molecule has 32 heavy (non-hydrogen) atoms. The van der Waals surface area contributed by atoms with E-state index in [2.05, 4.69) is 4.57 Å². The minimum Gasteiger partial charge on any atom is -0.465 e. The fourth-order valence-corrected chi connectivity index (χ4v) is 4.25. The lowest BCUT2D eigenvalue weighted by Gasteiger charge is -2.17. The van der Waals surface area contributed by atoms with Crippen LogP contribution in [-0.4, -0.2) is 28.5 Å². The summed E-state index contributed by atoms with van der Waals surface area (Å²) in [4.78, 5) is 27.7. The van der Waals surface area contributed by atoms with Crippen molar-refractivity contribution in [3.8, 4) is 5.69 Å². The third-order valence-electron chi connectivity index (χ3n) is 5.87. The van der Waals surface area contributed by atoms with E-state index in [-0.39, 0.29) is 5.91 Å². The van der Waals surface area contributed by atoms with Crippen molar-refractivity contribution in [2.45, 2.75) is 27.3 Å². The van der Waals surface area contributed by atoms with Crippen LogP contribution in [0.5, 0.6) is 0 Å². The van der Waals surface area contributed by atoms with Crippen LogP contribution in [0.1, 0.15) is 29.4 Å². The van der Waals surface area contributed by atoms with E-state index in [4.69, 9.17) is 4.74 Å². The molecule has 0 N–H and O–H groups in total. The van der Waals surface area contributed by atoms with Crippen molar-refractivity contribution >= 4 is 18.0 Å². The Kier molecular flexibility index (Phi) is 5.82. The van der Waals surface area contributed by atoms with E-state index in [9.17, 15) is 9.59 Å². The predicted molar refractivity (Wildman–Crippen MR) is 125 cm³/mol. The Hall–Kier alpha value is -3.86. The average Bonchev–Trinajstić information content (AvgIpc) is 3.21. The second kappa shape index (κ2) is 8.71. The maximum Gasteiger partial charge on any atom is 0.340 e. The van der Waals surface area contributed by atoms with E-state index in [1.54, 1.807) is 11.8 Å². The Morgan fingerprint density at radius 3 is 2.22 bits per heavy atom. The summed E-state index contributed by atoms with van der Waals surface area (Å²) in [5.74, 6) is -0.703. The highest BCUT2D eigenvalue weighted by Crippen LogP contribution is 2.34. The van der Waals surface area contributed by atoms with Crippen LogP contribution in [0, 0.1) is 13.8 Å². The van der Waals surface area contributed by atoms with Gasteiger partial charge in [0.25, 0.3) is 5.91 Å². The lowest BCUT2D eigenvalue weighted by atomic mass is 10.0. The molecule has 0 radical (unpaired) electrons. The Morgan fingerprint density at radius 1 is 0.969 bits per heavy atom. The zero-order valence-electron chi connectivity index (χ0n) is 18.8. The number of para-hydroxylation sites is 1. The number of aromatic nitrogens is 1. The van der Waals surface area contributed by atoms with Crippen LogP contribution in [0.25, 0.3) is 11.8 Å². The minimum absolute atomic E-state index is 0.198. The quantitative estimate of drug-likeness (QED) is 0.428. The number of carbonyl (C=O) groups excluding carboxylic acids is 2. The van der Waals surface area contributed by atoms with Crippen LogP contribution in [0.3, 0.4) is 0 Å².